The van der Waals surface area contributed by atoms with Crippen molar-refractivity contribution in [2.75, 3.05) is 37.3 Å². The molecule has 1 aliphatic rings. The van der Waals surface area contributed by atoms with Gasteiger partial charge in [0.2, 0.25) is 15.9 Å². The van der Waals surface area contributed by atoms with E-state index in [1.807, 2.05) is 0 Å². The molecule has 1 aromatic carbocycles. The van der Waals surface area contributed by atoms with Crippen molar-refractivity contribution in [3.8, 4) is 5.75 Å². The Morgan fingerprint density at radius 1 is 1.28 bits per heavy atom. The number of nitrogens with one attached hydrogen (secondary N) is 1. The molecule has 1 amide bonds. The van der Waals surface area contributed by atoms with Crippen molar-refractivity contribution in [2.24, 2.45) is 11.7 Å². The second-order valence-electron chi connectivity index (χ2n) is 5.72. The number of halogens is 1. The number of carbonyl (C=O) groups excluding carboxylic acids is 1. The number of hydrogen-bond donors (Lipinski definition) is 2. The van der Waals surface area contributed by atoms with Gasteiger partial charge < -0.3 is 15.8 Å². The van der Waals surface area contributed by atoms with E-state index in [0.717, 1.165) is 0 Å². The van der Waals surface area contributed by atoms with Gasteiger partial charge in [-0.1, -0.05) is 0 Å². The number of carbonyl (C=O) groups is 1. The summed E-state index contributed by atoms with van der Waals surface area (Å²) in [5, 5.41) is 2.88. The standard InChI is InChI=1S/C16H25N3O4S.ClH/c1-2-24(21,22)19-10-7-13(8-11-19)16(20)18-14-3-5-15(6-4-14)23-12-9-17;/h3-6,13H,2,7-12,17H2,1H3,(H,18,20);1H. The Bertz CT molecular complexity index is 644. The summed E-state index contributed by atoms with van der Waals surface area (Å²) in [6, 6.07) is 7.12. The van der Waals surface area contributed by atoms with E-state index in [0.29, 0.717) is 50.5 Å². The maximum absolute atomic E-state index is 12.3. The summed E-state index contributed by atoms with van der Waals surface area (Å²) in [5.74, 6) is 0.569. The summed E-state index contributed by atoms with van der Waals surface area (Å²) in [6.07, 6.45) is 1.09. The fourth-order valence-corrected chi connectivity index (χ4v) is 3.77. The molecule has 0 saturated carbocycles. The predicted octanol–water partition coefficient (Wildman–Crippen LogP) is 1.45. The number of amides is 1. The van der Waals surface area contributed by atoms with Crippen LogP contribution in [0.2, 0.25) is 0 Å². The SMILES string of the molecule is CCS(=O)(=O)N1CCC(C(=O)Nc2ccc(OCCN)cc2)CC1.Cl. The van der Waals surface area contributed by atoms with E-state index in [9.17, 15) is 13.2 Å². The zero-order valence-corrected chi connectivity index (χ0v) is 15.9. The van der Waals surface area contributed by atoms with Crippen LogP contribution in [0.3, 0.4) is 0 Å². The van der Waals surface area contributed by atoms with Gasteiger partial charge in [-0.15, -0.1) is 12.4 Å². The number of nitrogens with zero attached hydrogens (tertiary/aromatic N) is 1. The van der Waals surface area contributed by atoms with Crippen LogP contribution in [0.15, 0.2) is 24.3 Å². The molecule has 1 aromatic rings. The van der Waals surface area contributed by atoms with Crippen LogP contribution >= 0.6 is 12.4 Å². The van der Waals surface area contributed by atoms with Gasteiger partial charge in [0.1, 0.15) is 12.4 Å². The quantitative estimate of drug-likeness (QED) is 0.732. The Morgan fingerprint density at radius 3 is 2.40 bits per heavy atom. The molecule has 1 aliphatic heterocycles. The van der Waals surface area contributed by atoms with E-state index in [-0.39, 0.29) is 30.0 Å². The molecule has 25 heavy (non-hydrogen) atoms. The molecule has 2 rings (SSSR count). The second-order valence-corrected chi connectivity index (χ2v) is 7.98. The van der Waals surface area contributed by atoms with Crippen LogP contribution in [0.4, 0.5) is 5.69 Å². The first kappa shape index (κ1) is 21.7. The molecule has 0 bridgehead atoms. The lowest BCUT2D eigenvalue weighted by atomic mass is 9.97. The maximum atomic E-state index is 12.3. The highest BCUT2D eigenvalue weighted by molar-refractivity contribution is 7.89. The highest BCUT2D eigenvalue weighted by Gasteiger charge is 2.30. The van der Waals surface area contributed by atoms with Crippen LogP contribution in [0.1, 0.15) is 19.8 Å². The molecule has 1 fully saturated rings. The van der Waals surface area contributed by atoms with Gasteiger partial charge in [0.15, 0.2) is 0 Å². The fourth-order valence-electron chi connectivity index (χ4n) is 2.63. The van der Waals surface area contributed by atoms with Crippen LogP contribution in [-0.4, -0.2) is 50.6 Å². The minimum Gasteiger partial charge on any atom is -0.492 e. The van der Waals surface area contributed by atoms with Crippen molar-refractivity contribution < 1.29 is 17.9 Å². The van der Waals surface area contributed by atoms with Gasteiger partial charge >= 0.3 is 0 Å². The van der Waals surface area contributed by atoms with Gasteiger partial charge in [0.25, 0.3) is 0 Å². The topological polar surface area (TPSA) is 102 Å². The highest BCUT2D eigenvalue weighted by Crippen LogP contribution is 2.22. The fraction of sp³-hybridized carbons (Fsp3) is 0.562. The zero-order valence-electron chi connectivity index (χ0n) is 14.3. The summed E-state index contributed by atoms with van der Waals surface area (Å²) in [6.45, 7) is 3.34. The minimum atomic E-state index is -3.16. The molecule has 0 spiro atoms. The van der Waals surface area contributed by atoms with Gasteiger partial charge in [-0.05, 0) is 44.0 Å². The summed E-state index contributed by atoms with van der Waals surface area (Å²) in [7, 11) is -3.16. The molecule has 0 aromatic heterocycles. The summed E-state index contributed by atoms with van der Waals surface area (Å²) in [5.41, 5.74) is 6.08. The predicted molar refractivity (Wildman–Crippen MR) is 101 cm³/mol. The normalized spacial score (nSPS) is 16.1. The Labute approximate surface area is 155 Å². The van der Waals surface area contributed by atoms with Gasteiger partial charge in [-0.2, -0.15) is 0 Å². The van der Waals surface area contributed by atoms with Gasteiger partial charge in [0.05, 0.1) is 5.75 Å². The first-order valence-corrected chi connectivity index (χ1v) is 9.79. The summed E-state index contributed by atoms with van der Waals surface area (Å²) < 4.78 is 30.5. The number of rotatable bonds is 7. The van der Waals surface area contributed by atoms with Crippen LogP contribution in [0.25, 0.3) is 0 Å². The number of nitrogens with two attached hydrogens (primary N) is 1. The number of hydrogen-bond acceptors (Lipinski definition) is 5. The lowest BCUT2D eigenvalue weighted by molar-refractivity contribution is -0.120. The Kier molecular flexibility index (Phi) is 8.64. The van der Waals surface area contributed by atoms with E-state index < -0.39 is 10.0 Å². The molecule has 0 unspecified atom stereocenters. The van der Waals surface area contributed by atoms with Gasteiger partial charge in [0, 0.05) is 31.2 Å². The lowest BCUT2D eigenvalue weighted by Gasteiger charge is -2.30. The third kappa shape index (κ3) is 6.14. The van der Waals surface area contributed by atoms with Crippen molar-refractivity contribution in [3.05, 3.63) is 24.3 Å². The molecule has 0 radical (unpaired) electrons. The third-order valence-electron chi connectivity index (χ3n) is 4.09. The van der Waals surface area contributed by atoms with Crippen molar-refractivity contribution in [1.29, 1.82) is 0 Å². The lowest BCUT2D eigenvalue weighted by Crippen LogP contribution is -2.42. The average molecular weight is 392 g/mol. The van der Waals surface area contributed by atoms with E-state index in [1.165, 1.54) is 4.31 Å². The molecular formula is C16H26ClN3O4S. The number of anilines is 1. The maximum Gasteiger partial charge on any atom is 0.227 e. The van der Waals surface area contributed by atoms with E-state index in [4.69, 9.17) is 10.5 Å². The molecule has 9 heteroatoms. The molecule has 3 N–H and O–H groups in total. The zero-order chi connectivity index (χ0) is 17.6. The molecule has 7 nitrogen and oxygen atoms in total. The van der Waals surface area contributed by atoms with Crippen LogP contribution in [0, 0.1) is 5.92 Å². The first-order valence-electron chi connectivity index (χ1n) is 8.18. The number of benzene rings is 1. The molecule has 142 valence electrons. The van der Waals surface area contributed by atoms with E-state index in [2.05, 4.69) is 5.32 Å². The number of piperidine rings is 1. The monoisotopic (exact) mass is 391 g/mol. The Hall–Kier alpha value is -1.35. The summed E-state index contributed by atoms with van der Waals surface area (Å²) >= 11 is 0. The molecule has 1 heterocycles. The molecular weight excluding hydrogens is 366 g/mol. The van der Waals surface area contributed by atoms with Crippen LogP contribution in [-0.2, 0) is 14.8 Å². The van der Waals surface area contributed by atoms with Crippen molar-refractivity contribution in [3.63, 3.8) is 0 Å². The second kappa shape index (κ2) is 9.96. The smallest absolute Gasteiger partial charge is 0.227 e. The van der Waals surface area contributed by atoms with E-state index >= 15 is 0 Å². The molecule has 0 atom stereocenters. The average Bonchev–Trinajstić information content (AvgIpc) is 2.61. The van der Waals surface area contributed by atoms with Crippen molar-refractivity contribution in [1.82, 2.24) is 4.31 Å². The summed E-state index contributed by atoms with van der Waals surface area (Å²) in [4.78, 5) is 12.3. The third-order valence-corrected chi connectivity index (χ3v) is 5.97. The van der Waals surface area contributed by atoms with Crippen molar-refractivity contribution in [2.45, 2.75) is 19.8 Å². The van der Waals surface area contributed by atoms with Gasteiger partial charge in [-0.25, -0.2) is 12.7 Å². The van der Waals surface area contributed by atoms with Crippen LogP contribution in [0.5, 0.6) is 5.75 Å². The Balaban J connectivity index is 0.00000312. The molecule has 0 aliphatic carbocycles. The van der Waals surface area contributed by atoms with E-state index in [1.54, 1.807) is 31.2 Å². The van der Waals surface area contributed by atoms with Crippen molar-refractivity contribution >= 4 is 34.0 Å². The Morgan fingerprint density at radius 2 is 1.88 bits per heavy atom. The first-order chi connectivity index (χ1) is 11.5. The number of ether oxygens (including phenoxy) is 1. The largest absolute Gasteiger partial charge is 0.492 e. The molecule has 1 saturated heterocycles. The van der Waals surface area contributed by atoms with Crippen LogP contribution < -0.4 is 15.8 Å². The highest BCUT2D eigenvalue weighted by atomic mass is 35.5. The minimum absolute atomic E-state index is 0. The number of sulfonamides is 1. The van der Waals surface area contributed by atoms with Gasteiger partial charge in [-0.3, -0.25) is 4.79 Å².